The van der Waals surface area contributed by atoms with Crippen molar-refractivity contribution >= 4 is 29.3 Å². The Labute approximate surface area is 230 Å². The second-order valence-corrected chi connectivity index (χ2v) is 12.2. The molecular formula is C32H37NO4S. The summed E-state index contributed by atoms with van der Waals surface area (Å²) in [6.45, 7) is 7.23. The van der Waals surface area contributed by atoms with Crippen LogP contribution < -0.4 is 10.1 Å². The number of carbonyl (C=O) groups is 2. The number of anilines is 1. The van der Waals surface area contributed by atoms with Crippen molar-refractivity contribution in [3.8, 4) is 5.75 Å². The second kappa shape index (κ2) is 12.5. The highest BCUT2D eigenvalue weighted by molar-refractivity contribution is 8.00. The highest BCUT2D eigenvalue weighted by Crippen LogP contribution is 2.37. The van der Waals surface area contributed by atoms with Gasteiger partial charge in [0.2, 0.25) is 5.91 Å². The van der Waals surface area contributed by atoms with Crippen molar-refractivity contribution < 1.29 is 19.4 Å². The Morgan fingerprint density at radius 3 is 2.13 bits per heavy atom. The Balaban J connectivity index is 1.47. The van der Waals surface area contributed by atoms with Gasteiger partial charge >= 0.3 is 5.97 Å². The van der Waals surface area contributed by atoms with Gasteiger partial charge in [0.15, 0.2) is 0 Å². The number of carboxylic acids is 1. The van der Waals surface area contributed by atoms with Crippen molar-refractivity contribution in [1.82, 2.24) is 0 Å². The Hall–Kier alpha value is -3.25. The molecule has 0 heterocycles. The van der Waals surface area contributed by atoms with E-state index in [1.54, 1.807) is 24.3 Å². The zero-order chi connectivity index (χ0) is 27.1. The summed E-state index contributed by atoms with van der Waals surface area (Å²) >= 11 is 1.40. The first-order valence-corrected chi connectivity index (χ1v) is 14.2. The number of carboxylic acid groups (broad SMARTS) is 1. The van der Waals surface area contributed by atoms with Crippen molar-refractivity contribution in [2.45, 2.75) is 68.4 Å². The van der Waals surface area contributed by atoms with E-state index < -0.39 is 11.2 Å². The standard InChI is InChI=1S/C32H37NO4S/c1-32(2,3)25-13-9-23(10-14-25)29(38-28-19-11-24(12-20-28)31(35)36)30(34)33-26-15-17-27(18-16-26)37-21-22-7-5-4-6-8-22/h9-20,22,29H,4-8,21H2,1-3H3,(H,33,34)(H,35,36). The lowest BCUT2D eigenvalue weighted by molar-refractivity contribution is -0.115. The zero-order valence-electron chi connectivity index (χ0n) is 22.4. The number of carbonyl (C=O) groups excluding carboxylic acids is 1. The van der Waals surface area contributed by atoms with Crippen LogP contribution in [0.5, 0.6) is 5.75 Å². The molecule has 0 aliphatic heterocycles. The predicted molar refractivity (Wildman–Crippen MR) is 154 cm³/mol. The highest BCUT2D eigenvalue weighted by Gasteiger charge is 2.24. The van der Waals surface area contributed by atoms with Crippen LogP contribution in [0.25, 0.3) is 0 Å². The minimum absolute atomic E-state index is 0.0108. The topological polar surface area (TPSA) is 75.6 Å². The summed E-state index contributed by atoms with van der Waals surface area (Å²) < 4.78 is 6.01. The molecule has 1 fully saturated rings. The van der Waals surface area contributed by atoms with Gasteiger partial charge < -0.3 is 15.2 Å². The first kappa shape index (κ1) is 27.8. The van der Waals surface area contributed by atoms with E-state index in [4.69, 9.17) is 4.74 Å². The molecule has 0 bridgehead atoms. The fraction of sp³-hybridized carbons (Fsp3) is 0.375. The summed E-state index contributed by atoms with van der Waals surface area (Å²) in [4.78, 5) is 25.6. The first-order valence-electron chi connectivity index (χ1n) is 13.3. The van der Waals surface area contributed by atoms with Crippen LogP contribution in [0.15, 0.2) is 77.7 Å². The summed E-state index contributed by atoms with van der Waals surface area (Å²) in [5, 5.41) is 11.8. The molecule has 1 saturated carbocycles. The lowest BCUT2D eigenvalue weighted by Gasteiger charge is -2.22. The van der Waals surface area contributed by atoms with Gasteiger partial charge in [-0.25, -0.2) is 4.79 Å². The zero-order valence-corrected chi connectivity index (χ0v) is 23.2. The lowest BCUT2D eigenvalue weighted by Crippen LogP contribution is -2.19. The maximum atomic E-state index is 13.5. The van der Waals surface area contributed by atoms with Gasteiger partial charge in [0, 0.05) is 10.6 Å². The second-order valence-electron chi connectivity index (χ2n) is 11.0. The van der Waals surface area contributed by atoms with Crippen LogP contribution in [0.3, 0.4) is 0 Å². The van der Waals surface area contributed by atoms with Crippen LogP contribution in [-0.4, -0.2) is 23.6 Å². The molecule has 2 N–H and O–H groups in total. The Kier molecular flexibility index (Phi) is 9.16. The number of benzene rings is 3. The Morgan fingerprint density at radius 2 is 1.55 bits per heavy atom. The van der Waals surface area contributed by atoms with E-state index in [2.05, 4.69) is 38.2 Å². The van der Waals surface area contributed by atoms with Crippen LogP contribution in [0.2, 0.25) is 0 Å². The van der Waals surface area contributed by atoms with E-state index in [0.29, 0.717) is 11.6 Å². The molecule has 38 heavy (non-hydrogen) atoms. The Morgan fingerprint density at radius 1 is 0.921 bits per heavy atom. The van der Waals surface area contributed by atoms with E-state index in [9.17, 15) is 14.7 Å². The number of thioether (sulfide) groups is 1. The van der Waals surface area contributed by atoms with Gasteiger partial charge in [-0.15, -0.1) is 11.8 Å². The van der Waals surface area contributed by atoms with Crippen LogP contribution in [0.1, 0.15) is 79.6 Å². The van der Waals surface area contributed by atoms with Crippen molar-refractivity contribution in [1.29, 1.82) is 0 Å². The quantitative estimate of drug-likeness (QED) is 0.273. The number of rotatable bonds is 9. The van der Waals surface area contributed by atoms with E-state index in [0.717, 1.165) is 22.8 Å². The van der Waals surface area contributed by atoms with Crippen molar-refractivity contribution in [2.75, 3.05) is 11.9 Å². The van der Waals surface area contributed by atoms with Crippen LogP contribution in [0, 0.1) is 5.92 Å². The molecule has 0 saturated heterocycles. The summed E-state index contributed by atoms with van der Waals surface area (Å²) in [6.07, 6.45) is 6.39. The monoisotopic (exact) mass is 531 g/mol. The number of ether oxygens (including phenoxy) is 1. The molecule has 1 aliphatic rings. The van der Waals surface area contributed by atoms with Gasteiger partial charge in [-0.05, 0) is 83.8 Å². The van der Waals surface area contributed by atoms with Crippen LogP contribution >= 0.6 is 11.8 Å². The molecule has 5 nitrogen and oxygen atoms in total. The maximum Gasteiger partial charge on any atom is 0.335 e. The molecule has 1 atom stereocenters. The number of hydrogen-bond acceptors (Lipinski definition) is 4. The lowest BCUT2D eigenvalue weighted by atomic mass is 9.86. The first-order chi connectivity index (χ1) is 18.2. The summed E-state index contributed by atoms with van der Waals surface area (Å²) in [6, 6.07) is 22.3. The molecule has 200 valence electrons. The Bertz CT molecular complexity index is 1210. The smallest absolute Gasteiger partial charge is 0.335 e. The van der Waals surface area contributed by atoms with Crippen molar-refractivity contribution in [3.63, 3.8) is 0 Å². The van der Waals surface area contributed by atoms with E-state index in [1.807, 2.05) is 36.4 Å². The fourth-order valence-electron chi connectivity index (χ4n) is 4.65. The van der Waals surface area contributed by atoms with E-state index in [1.165, 1.54) is 49.4 Å². The predicted octanol–water partition coefficient (Wildman–Crippen LogP) is 8.11. The minimum atomic E-state index is -0.972. The molecular weight excluding hydrogens is 494 g/mol. The summed E-state index contributed by atoms with van der Waals surface area (Å²) in [7, 11) is 0. The third-order valence-electron chi connectivity index (χ3n) is 7.01. The average Bonchev–Trinajstić information content (AvgIpc) is 2.92. The maximum absolute atomic E-state index is 13.5. The molecule has 0 aromatic heterocycles. The third-order valence-corrected chi connectivity index (χ3v) is 8.27. The number of nitrogens with one attached hydrogen (secondary N) is 1. The molecule has 1 amide bonds. The minimum Gasteiger partial charge on any atom is -0.493 e. The molecule has 3 aromatic rings. The van der Waals surface area contributed by atoms with E-state index in [-0.39, 0.29) is 16.9 Å². The molecule has 0 radical (unpaired) electrons. The van der Waals surface area contributed by atoms with Gasteiger partial charge in [-0.3, -0.25) is 4.79 Å². The molecule has 0 spiro atoms. The fourth-order valence-corrected chi connectivity index (χ4v) is 5.68. The molecule has 3 aromatic carbocycles. The average molecular weight is 532 g/mol. The van der Waals surface area contributed by atoms with Gasteiger partial charge in [0.05, 0.1) is 12.2 Å². The van der Waals surface area contributed by atoms with Crippen molar-refractivity contribution in [2.24, 2.45) is 5.92 Å². The number of amides is 1. The number of aromatic carboxylic acids is 1. The van der Waals surface area contributed by atoms with Gasteiger partial charge in [0.1, 0.15) is 11.0 Å². The highest BCUT2D eigenvalue weighted by atomic mass is 32.2. The SMILES string of the molecule is CC(C)(C)c1ccc(C(Sc2ccc(C(=O)O)cc2)C(=O)Nc2ccc(OCC3CCCCC3)cc2)cc1. The molecule has 1 aliphatic carbocycles. The molecule has 6 heteroatoms. The van der Waals surface area contributed by atoms with Gasteiger partial charge in [-0.2, -0.15) is 0 Å². The third kappa shape index (κ3) is 7.64. The van der Waals surface area contributed by atoms with Crippen LogP contribution in [0.4, 0.5) is 5.69 Å². The number of hydrogen-bond donors (Lipinski definition) is 2. The van der Waals surface area contributed by atoms with Crippen LogP contribution in [-0.2, 0) is 10.2 Å². The molecule has 1 unspecified atom stereocenters. The van der Waals surface area contributed by atoms with E-state index >= 15 is 0 Å². The normalized spacial score (nSPS) is 15.0. The van der Waals surface area contributed by atoms with Crippen molar-refractivity contribution in [3.05, 3.63) is 89.5 Å². The van der Waals surface area contributed by atoms with Gasteiger partial charge in [-0.1, -0.05) is 64.3 Å². The summed E-state index contributed by atoms with van der Waals surface area (Å²) in [5.74, 6) is 0.336. The van der Waals surface area contributed by atoms with Gasteiger partial charge in [0.25, 0.3) is 0 Å². The largest absolute Gasteiger partial charge is 0.493 e. The summed E-state index contributed by atoms with van der Waals surface area (Å²) in [5.41, 5.74) is 3.01. The molecule has 4 rings (SSSR count).